The molecule has 0 radical (unpaired) electrons. The molecule has 1 aliphatic rings. The molecule has 1 fully saturated rings. The van der Waals surface area contributed by atoms with Gasteiger partial charge in [-0.25, -0.2) is 0 Å². The Kier molecular flexibility index (Phi) is 4.80. The molecule has 104 valence electrons. The number of nitrogens with zero attached hydrogens (tertiary/aromatic N) is 2. The highest BCUT2D eigenvalue weighted by Gasteiger charge is 2.24. The number of hydrogen-bond acceptors (Lipinski definition) is 3. The maximum Gasteiger partial charge on any atom is 0.239 e. The van der Waals surface area contributed by atoms with Crippen LogP contribution in [0, 0.1) is 0 Å². The summed E-state index contributed by atoms with van der Waals surface area (Å²) in [6, 6.07) is 10.3. The van der Waals surface area contributed by atoms with Crippen molar-refractivity contribution in [2.75, 3.05) is 38.6 Å². The molecule has 1 saturated heterocycles. The van der Waals surface area contributed by atoms with E-state index in [2.05, 4.69) is 29.4 Å². The largest absolute Gasteiger partial charge is 0.373 e. The summed E-state index contributed by atoms with van der Waals surface area (Å²) in [5, 5.41) is 3.25. The van der Waals surface area contributed by atoms with Crippen molar-refractivity contribution in [2.24, 2.45) is 0 Å². The van der Waals surface area contributed by atoms with E-state index in [0.29, 0.717) is 0 Å². The third-order valence-electron chi connectivity index (χ3n) is 3.70. The number of hydrogen-bond donors (Lipinski definition) is 1. The lowest BCUT2D eigenvalue weighted by Gasteiger charge is -2.25. The zero-order chi connectivity index (χ0) is 13.7. The normalized spacial score (nSPS) is 18.3. The summed E-state index contributed by atoms with van der Waals surface area (Å²) in [6.07, 6.45) is 2.08. The highest BCUT2D eigenvalue weighted by atomic mass is 16.2. The molecule has 4 heteroatoms. The van der Waals surface area contributed by atoms with Crippen molar-refractivity contribution in [2.45, 2.75) is 18.9 Å². The Morgan fingerprint density at radius 3 is 2.63 bits per heavy atom. The van der Waals surface area contributed by atoms with Gasteiger partial charge in [0.25, 0.3) is 0 Å². The van der Waals surface area contributed by atoms with Crippen molar-refractivity contribution in [3.8, 4) is 0 Å². The van der Waals surface area contributed by atoms with Crippen LogP contribution in [0.25, 0.3) is 0 Å². The van der Waals surface area contributed by atoms with Gasteiger partial charge in [-0.1, -0.05) is 18.2 Å². The van der Waals surface area contributed by atoms with E-state index in [1.54, 1.807) is 0 Å². The second-order valence-corrected chi connectivity index (χ2v) is 5.17. The standard InChI is InChI=1S/C15H23N3O/c1-17(13-7-4-3-5-8-13)11-12-18(2)15(19)14-9-6-10-16-14/h3-5,7-8,14,16H,6,9-12H2,1-2H3. The second kappa shape index (κ2) is 6.57. The van der Waals surface area contributed by atoms with E-state index in [0.717, 1.165) is 32.5 Å². The summed E-state index contributed by atoms with van der Waals surface area (Å²) in [7, 11) is 3.95. The minimum atomic E-state index is 0.0343. The van der Waals surface area contributed by atoms with E-state index in [1.165, 1.54) is 5.69 Å². The number of carbonyl (C=O) groups is 1. The van der Waals surface area contributed by atoms with Crippen LogP contribution >= 0.6 is 0 Å². The molecular formula is C15H23N3O. The minimum Gasteiger partial charge on any atom is -0.373 e. The summed E-state index contributed by atoms with van der Waals surface area (Å²) in [6.45, 7) is 2.57. The van der Waals surface area contributed by atoms with E-state index in [4.69, 9.17) is 0 Å². The second-order valence-electron chi connectivity index (χ2n) is 5.17. The molecule has 1 amide bonds. The SMILES string of the molecule is CN(CCN(C)c1ccccc1)C(=O)C1CCCN1. The molecule has 1 N–H and O–H groups in total. The summed E-state index contributed by atoms with van der Waals surface area (Å²) in [5.74, 6) is 0.221. The van der Waals surface area contributed by atoms with Crippen molar-refractivity contribution >= 4 is 11.6 Å². The number of rotatable bonds is 5. The van der Waals surface area contributed by atoms with Gasteiger partial charge in [-0.05, 0) is 31.5 Å². The Morgan fingerprint density at radius 2 is 2.00 bits per heavy atom. The van der Waals surface area contributed by atoms with Crippen LogP contribution in [0.3, 0.4) is 0 Å². The number of anilines is 1. The molecule has 2 rings (SSSR count). The maximum atomic E-state index is 12.1. The van der Waals surface area contributed by atoms with Gasteiger partial charge in [0.1, 0.15) is 0 Å². The van der Waals surface area contributed by atoms with Crippen molar-refractivity contribution in [1.82, 2.24) is 10.2 Å². The van der Waals surface area contributed by atoms with Crippen LogP contribution in [-0.4, -0.2) is 50.6 Å². The summed E-state index contributed by atoms with van der Waals surface area (Å²) >= 11 is 0. The van der Waals surface area contributed by atoms with E-state index >= 15 is 0 Å². The van der Waals surface area contributed by atoms with Crippen molar-refractivity contribution < 1.29 is 4.79 Å². The van der Waals surface area contributed by atoms with E-state index in [9.17, 15) is 4.79 Å². The number of benzene rings is 1. The molecule has 1 atom stereocenters. The first-order chi connectivity index (χ1) is 9.18. The molecule has 0 saturated carbocycles. The lowest BCUT2D eigenvalue weighted by atomic mass is 10.2. The van der Waals surface area contributed by atoms with Gasteiger partial charge in [0.2, 0.25) is 5.91 Å². The lowest BCUT2D eigenvalue weighted by molar-refractivity contribution is -0.131. The topological polar surface area (TPSA) is 35.6 Å². The molecule has 4 nitrogen and oxygen atoms in total. The highest BCUT2D eigenvalue weighted by molar-refractivity contribution is 5.82. The van der Waals surface area contributed by atoms with Crippen molar-refractivity contribution in [1.29, 1.82) is 0 Å². The van der Waals surface area contributed by atoms with Crippen LogP contribution in [0.5, 0.6) is 0 Å². The van der Waals surface area contributed by atoms with Gasteiger partial charge in [-0.15, -0.1) is 0 Å². The third kappa shape index (κ3) is 3.70. The summed E-state index contributed by atoms with van der Waals surface area (Å²) in [5.41, 5.74) is 1.18. The van der Waals surface area contributed by atoms with E-state index in [-0.39, 0.29) is 11.9 Å². The predicted molar refractivity (Wildman–Crippen MR) is 78.4 cm³/mol. The Labute approximate surface area is 115 Å². The molecule has 1 aromatic carbocycles. The zero-order valence-electron chi connectivity index (χ0n) is 11.8. The van der Waals surface area contributed by atoms with Crippen LogP contribution < -0.4 is 10.2 Å². The molecule has 1 unspecified atom stereocenters. The first kappa shape index (κ1) is 13.9. The van der Waals surface area contributed by atoms with Crippen LogP contribution in [0.2, 0.25) is 0 Å². The fraction of sp³-hybridized carbons (Fsp3) is 0.533. The third-order valence-corrected chi connectivity index (χ3v) is 3.70. The average molecular weight is 261 g/mol. The Balaban J connectivity index is 1.79. The highest BCUT2D eigenvalue weighted by Crippen LogP contribution is 2.11. The molecule has 1 heterocycles. The number of nitrogens with one attached hydrogen (secondary N) is 1. The summed E-state index contributed by atoms with van der Waals surface area (Å²) < 4.78 is 0. The first-order valence-electron chi connectivity index (χ1n) is 6.93. The van der Waals surface area contributed by atoms with Gasteiger partial charge in [0, 0.05) is 32.9 Å². The molecule has 0 bridgehead atoms. The molecule has 1 aliphatic heterocycles. The molecule has 0 aromatic heterocycles. The van der Waals surface area contributed by atoms with Gasteiger partial charge in [-0.3, -0.25) is 4.79 Å². The molecule has 0 spiro atoms. The van der Waals surface area contributed by atoms with Gasteiger partial charge < -0.3 is 15.1 Å². The first-order valence-corrected chi connectivity index (χ1v) is 6.93. The van der Waals surface area contributed by atoms with Crippen molar-refractivity contribution in [3.63, 3.8) is 0 Å². The number of likely N-dealkylation sites (N-methyl/N-ethyl adjacent to an activating group) is 2. The van der Waals surface area contributed by atoms with E-state index in [1.807, 2.05) is 30.1 Å². The zero-order valence-corrected chi connectivity index (χ0v) is 11.8. The van der Waals surface area contributed by atoms with Crippen LogP contribution in [0.1, 0.15) is 12.8 Å². The monoisotopic (exact) mass is 261 g/mol. The Bertz CT molecular complexity index is 401. The van der Waals surface area contributed by atoms with Gasteiger partial charge in [-0.2, -0.15) is 0 Å². The Morgan fingerprint density at radius 1 is 1.26 bits per heavy atom. The fourth-order valence-corrected chi connectivity index (χ4v) is 2.38. The predicted octanol–water partition coefficient (Wildman–Crippen LogP) is 1.33. The van der Waals surface area contributed by atoms with Crippen LogP contribution in [0.4, 0.5) is 5.69 Å². The van der Waals surface area contributed by atoms with Gasteiger partial charge in [0.05, 0.1) is 6.04 Å². The molecule has 0 aliphatic carbocycles. The maximum absolute atomic E-state index is 12.1. The van der Waals surface area contributed by atoms with Crippen LogP contribution in [0.15, 0.2) is 30.3 Å². The lowest BCUT2D eigenvalue weighted by Crippen LogP contribution is -2.44. The van der Waals surface area contributed by atoms with E-state index < -0.39 is 0 Å². The Hall–Kier alpha value is -1.55. The average Bonchev–Trinajstić information content (AvgIpc) is 2.98. The molecule has 1 aromatic rings. The minimum absolute atomic E-state index is 0.0343. The van der Waals surface area contributed by atoms with Gasteiger partial charge >= 0.3 is 0 Å². The van der Waals surface area contributed by atoms with Crippen molar-refractivity contribution in [3.05, 3.63) is 30.3 Å². The quantitative estimate of drug-likeness (QED) is 0.868. The summed E-state index contributed by atoms with van der Waals surface area (Å²) in [4.78, 5) is 16.1. The number of para-hydroxylation sites is 1. The smallest absolute Gasteiger partial charge is 0.239 e. The van der Waals surface area contributed by atoms with Gasteiger partial charge in [0.15, 0.2) is 0 Å². The number of carbonyl (C=O) groups excluding carboxylic acids is 1. The van der Waals surface area contributed by atoms with Crippen LogP contribution in [-0.2, 0) is 4.79 Å². The molecular weight excluding hydrogens is 238 g/mol. The fourth-order valence-electron chi connectivity index (χ4n) is 2.38. The number of amides is 1. The molecule has 19 heavy (non-hydrogen) atoms.